The van der Waals surface area contributed by atoms with Crippen LogP contribution in [-0.4, -0.2) is 0 Å². The molecule has 0 saturated heterocycles. The van der Waals surface area contributed by atoms with Gasteiger partial charge in [-0.25, -0.2) is 0 Å². The summed E-state index contributed by atoms with van der Waals surface area (Å²) in [7, 11) is 0. The van der Waals surface area contributed by atoms with Crippen LogP contribution in [0.15, 0.2) is 12.2 Å². The summed E-state index contributed by atoms with van der Waals surface area (Å²) in [5.41, 5.74) is 12.3. The summed E-state index contributed by atoms with van der Waals surface area (Å²) in [4.78, 5) is 0. The van der Waals surface area contributed by atoms with Gasteiger partial charge in [-0.1, -0.05) is 45.9 Å². The maximum atomic E-state index is 4.12. The van der Waals surface area contributed by atoms with Crippen molar-refractivity contribution in [3.63, 3.8) is 0 Å². The SMILES string of the molecule is C=Cc1c(C)c2c(c3c1C(C)C(C)=C3C)C(C)C(C)C2C. The predicted molar refractivity (Wildman–Crippen MR) is 93.9 cm³/mol. The van der Waals surface area contributed by atoms with E-state index in [9.17, 15) is 0 Å². The Hall–Kier alpha value is -1.30. The van der Waals surface area contributed by atoms with E-state index in [1.54, 1.807) is 27.8 Å². The number of rotatable bonds is 1. The molecule has 21 heavy (non-hydrogen) atoms. The van der Waals surface area contributed by atoms with Gasteiger partial charge in [0.15, 0.2) is 0 Å². The molecular formula is C21H28. The van der Waals surface area contributed by atoms with E-state index in [1.807, 2.05) is 0 Å². The van der Waals surface area contributed by atoms with Crippen molar-refractivity contribution in [3.05, 3.63) is 45.5 Å². The molecule has 4 atom stereocenters. The zero-order valence-electron chi connectivity index (χ0n) is 14.6. The van der Waals surface area contributed by atoms with Crippen LogP contribution in [0.25, 0.3) is 11.6 Å². The molecule has 1 aromatic rings. The van der Waals surface area contributed by atoms with Gasteiger partial charge in [0.05, 0.1) is 0 Å². The second-order valence-corrected chi connectivity index (χ2v) is 7.32. The van der Waals surface area contributed by atoms with Gasteiger partial charge in [0.2, 0.25) is 0 Å². The predicted octanol–water partition coefficient (Wildman–Crippen LogP) is 6.41. The number of allylic oxidation sites excluding steroid dienone is 2. The standard InChI is InChI=1S/C21H28/c1-9-17-16(8)18-12(4)10(2)14(6)20(18)21-15(7)11(3)13(5)19(17)21/h9-10,12-14H,1H2,2-8H3. The van der Waals surface area contributed by atoms with E-state index >= 15 is 0 Å². The van der Waals surface area contributed by atoms with Gasteiger partial charge in [-0.15, -0.1) is 0 Å². The van der Waals surface area contributed by atoms with Gasteiger partial charge in [-0.2, -0.15) is 0 Å². The summed E-state index contributed by atoms with van der Waals surface area (Å²) >= 11 is 0. The van der Waals surface area contributed by atoms with E-state index in [0.29, 0.717) is 17.8 Å². The van der Waals surface area contributed by atoms with Gasteiger partial charge in [0.1, 0.15) is 0 Å². The molecule has 0 nitrogen and oxygen atoms in total. The average molecular weight is 280 g/mol. The van der Waals surface area contributed by atoms with Crippen molar-refractivity contribution >= 4 is 11.6 Å². The van der Waals surface area contributed by atoms with Crippen molar-refractivity contribution in [1.29, 1.82) is 0 Å². The molecule has 0 spiro atoms. The van der Waals surface area contributed by atoms with Crippen LogP contribution in [0.1, 0.15) is 92.7 Å². The van der Waals surface area contributed by atoms with Crippen LogP contribution < -0.4 is 0 Å². The molecule has 1 aromatic carbocycles. The first-order chi connectivity index (χ1) is 9.82. The fourth-order valence-corrected chi connectivity index (χ4v) is 4.84. The minimum absolute atomic E-state index is 0.537. The van der Waals surface area contributed by atoms with Crippen molar-refractivity contribution < 1.29 is 0 Å². The van der Waals surface area contributed by atoms with Crippen LogP contribution in [0.3, 0.4) is 0 Å². The monoisotopic (exact) mass is 280 g/mol. The lowest BCUT2D eigenvalue weighted by Gasteiger charge is -2.21. The second kappa shape index (κ2) is 4.60. The maximum absolute atomic E-state index is 4.12. The molecule has 0 saturated carbocycles. The normalized spacial score (nSPS) is 30.6. The van der Waals surface area contributed by atoms with Crippen molar-refractivity contribution in [3.8, 4) is 0 Å². The molecule has 0 aromatic heterocycles. The van der Waals surface area contributed by atoms with Crippen LogP contribution in [0.4, 0.5) is 0 Å². The maximum Gasteiger partial charge on any atom is 0.00351 e. The largest absolute Gasteiger partial charge is 0.0984 e. The fraction of sp³-hybridized carbons (Fsp3) is 0.524. The highest BCUT2D eigenvalue weighted by Crippen LogP contribution is 2.56. The first-order valence-corrected chi connectivity index (χ1v) is 8.33. The molecule has 0 heteroatoms. The average Bonchev–Trinajstić information content (AvgIpc) is 2.81. The summed E-state index contributed by atoms with van der Waals surface area (Å²) in [5, 5.41) is 0. The van der Waals surface area contributed by atoms with Crippen molar-refractivity contribution in [1.82, 2.24) is 0 Å². The topological polar surface area (TPSA) is 0 Å². The Bertz CT molecular complexity index is 672. The van der Waals surface area contributed by atoms with E-state index in [1.165, 1.54) is 16.7 Å². The Morgan fingerprint density at radius 1 is 0.857 bits per heavy atom. The molecule has 0 heterocycles. The van der Waals surface area contributed by atoms with E-state index in [4.69, 9.17) is 0 Å². The molecule has 0 radical (unpaired) electrons. The molecule has 2 aliphatic carbocycles. The highest BCUT2D eigenvalue weighted by molar-refractivity contribution is 5.85. The second-order valence-electron chi connectivity index (χ2n) is 7.32. The summed E-state index contributed by atoms with van der Waals surface area (Å²) in [6, 6.07) is 0. The van der Waals surface area contributed by atoms with E-state index in [0.717, 1.165) is 5.92 Å². The molecule has 3 rings (SSSR count). The minimum Gasteiger partial charge on any atom is -0.0984 e. The lowest BCUT2D eigenvalue weighted by atomic mass is 9.82. The smallest absolute Gasteiger partial charge is 0.00351 e. The quantitative estimate of drug-likeness (QED) is 0.558. The zero-order chi connectivity index (χ0) is 15.6. The Morgan fingerprint density at radius 2 is 1.43 bits per heavy atom. The van der Waals surface area contributed by atoms with Gasteiger partial charge in [0, 0.05) is 5.92 Å². The number of fused-ring (bicyclic) bond motifs is 3. The molecule has 4 unspecified atom stereocenters. The Balaban J connectivity index is 2.47. The van der Waals surface area contributed by atoms with Gasteiger partial charge in [-0.05, 0) is 77.5 Å². The zero-order valence-corrected chi connectivity index (χ0v) is 14.6. The summed E-state index contributed by atoms with van der Waals surface area (Å²) in [5.74, 6) is 2.58. The van der Waals surface area contributed by atoms with Crippen LogP contribution in [0.2, 0.25) is 0 Å². The molecule has 0 N–H and O–H groups in total. The van der Waals surface area contributed by atoms with Crippen LogP contribution in [0.5, 0.6) is 0 Å². The third kappa shape index (κ3) is 1.62. The molecule has 0 aliphatic heterocycles. The molecule has 112 valence electrons. The van der Waals surface area contributed by atoms with Crippen LogP contribution in [0, 0.1) is 12.8 Å². The minimum atomic E-state index is 0.537. The van der Waals surface area contributed by atoms with Gasteiger partial charge in [-0.3, -0.25) is 0 Å². The van der Waals surface area contributed by atoms with Crippen LogP contribution in [-0.2, 0) is 0 Å². The molecule has 0 fully saturated rings. The molecule has 0 bridgehead atoms. The number of benzene rings is 1. The molecule has 2 aliphatic rings. The van der Waals surface area contributed by atoms with Crippen molar-refractivity contribution in [2.45, 2.75) is 66.2 Å². The molecular weight excluding hydrogens is 252 g/mol. The highest BCUT2D eigenvalue weighted by Gasteiger charge is 2.40. The summed E-state index contributed by atoms with van der Waals surface area (Å²) in [6.45, 7) is 20.7. The lowest BCUT2D eigenvalue weighted by molar-refractivity contribution is 0.464. The Kier molecular flexibility index (Phi) is 3.20. The lowest BCUT2D eigenvalue weighted by Crippen LogP contribution is -2.05. The Labute approximate surface area is 130 Å². The Morgan fingerprint density at radius 3 is 2.00 bits per heavy atom. The van der Waals surface area contributed by atoms with Crippen molar-refractivity contribution in [2.24, 2.45) is 5.92 Å². The highest BCUT2D eigenvalue weighted by atomic mass is 14.4. The summed E-state index contributed by atoms with van der Waals surface area (Å²) in [6.07, 6.45) is 2.09. The van der Waals surface area contributed by atoms with E-state index < -0.39 is 0 Å². The molecule has 0 amide bonds. The van der Waals surface area contributed by atoms with Gasteiger partial charge < -0.3 is 0 Å². The number of hydrogen-bond acceptors (Lipinski definition) is 0. The third-order valence-electron chi connectivity index (χ3n) is 6.67. The van der Waals surface area contributed by atoms with E-state index in [-0.39, 0.29) is 0 Å². The first kappa shape index (κ1) is 14.6. The van der Waals surface area contributed by atoms with E-state index in [2.05, 4.69) is 61.1 Å². The first-order valence-electron chi connectivity index (χ1n) is 8.33. The van der Waals surface area contributed by atoms with Gasteiger partial charge >= 0.3 is 0 Å². The number of hydrogen-bond donors (Lipinski definition) is 0. The fourth-order valence-electron chi connectivity index (χ4n) is 4.84. The summed E-state index contributed by atoms with van der Waals surface area (Å²) < 4.78 is 0. The van der Waals surface area contributed by atoms with Gasteiger partial charge in [0.25, 0.3) is 0 Å². The van der Waals surface area contributed by atoms with Crippen LogP contribution >= 0.6 is 0 Å². The third-order valence-corrected chi connectivity index (χ3v) is 6.67. The van der Waals surface area contributed by atoms with Crippen molar-refractivity contribution in [2.75, 3.05) is 0 Å².